The van der Waals surface area contributed by atoms with Gasteiger partial charge in [-0.1, -0.05) is 30.3 Å². The second-order valence-electron chi connectivity index (χ2n) is 6.69. The monoisotopic (exact) mass is 321 g/mol. The molecule has 0 saturated carbocycles. The SMILES string of the molecule is CC(C)n1cc2cc(COC3NCCc4ccccc43)ccc2n1. The molecule has 124 valence electrons. The molecule has 24 heavy (non-hydrogen) atoms. The van der Waals surface area contributed by atoms with Crippen molar-refractivity contribution < 1.29 is 4.74 Å². The first-order chi connectivity index (χ1) is 11.7. The van der Waals surface area contributed by atoms with Crippen LogP contribution >= 0.6 is 0 Å². The van der Waals surface area contributed by atoms with Gasteiger partial charge in [-0.05, 0) is 49.1 Å². The highest BCUT2D eigenvalue weighted by molar-refractivity contribution is 5.78. The van der Waals surface area contributed by atoms with Gasteiger partial charge in [-0.2, -0.15) is 5.10 Å². The van der Waals surface area contributed by atoms with Crippen molar-refractivity contribution in [1.82, 2.24) is 15.1 Å². The van der Waals surface area contributed by atoms with Gasteiger partial charge >= 0.3 is 0 Å². The van der Waals surface area contributed by atoms with Crippen LogP contribution in [0.2, 0.25) is 0 Å². The predicted molar refractivity (Wildman–Crippen MR) is 95.8 cm³/mol. The molecule has 1 N–H and O–H groups in total. The maximum absolute atomic E-state index is 6.16. The summed E-state index contributed by atoms with van der Waals surface area (Å²) in [6.45, 7) is 5.83. The molecule has 0 spiro atoms. The number of fused-ring (bicyclic) bond motifs is 2. The van der Waals surface area contributed by atoms with Crippen LogP contribution in [-0.2, 0) is 17.8 Å². The van der Waals surface area contributed by atoms with Crippen molar-refractivity contribution in [3.8, 4) is 0 Å². The number of benzene rings is 2. The average Bonchev–Trinajstić information content (AvgIpc) is 3.03. The molecule has 2 aromatic carbocycles. The summed E-state index contributed by atoms with van der Waals surface area (Å²) in [5, 5.41) is 9.23. The smallest absolute Gasteiger partial charge is 0.135 e. The zero-order valence-corrected chi connectivity index (χ0v) is 14.2. The Balaban J connectivity index is 1.51. The highest BCUT2D eigenvalue weighted by atomic mass is 16.5. The van der Waals surface area contributed by atoms with Gasteiger partial charge in [-0.3, -0.25) is 10.00 Å². The number of nitrogens with one attached hydrogen (secondary N) is 1. The van der Waals surface area contributed by atoms with Crippen molar-refractivity contribution in [2.24, 2.45) is 0 Å². The summed E-state index contributed by atoms with van der Waals surface area (Å²) >= 11 is 0. The van der Waals surface area contributed by atoms with Gasteiger partial charge in [-0.15, -0.1) is 0 Å². The van der Waals surface area contributed by atoms with Crippen molar-refractivity contribution in [2.45, 2.75) is 39.1 Å². The maximum atomic E-state index is 6.16. The molecular formula is C20H23N3O. The summed E-state index contributed by atoms with van der Waals surface area (Å²) in [6, 6.07) is 15.3. The third kappa shape index (κ3) is 2.95. The van der Waals surface area contributed by atoms with Crippen LogP contribution in [0.15, 0.2) is 48.7 Å². The Morgan fingerprint density at radius 1 is 1.25 bits per heavy atom. The van der Waals surface area contributed by atoms with Gasteiger partial charge in [0.25, 0.3) is 0 Å². The maximum Gasteiger partial charge on any atom is 0.135 e. The molecule has 0 saturated heterocycles. The fourth-order valence-electron chi connectivity index (χ4n) is 3.24. The molecule has 1 atom stereocenters. The fourth-order valence-corrected chi connectivity index (χ4v) is 3.24. The lowest BCUT2D eigenvalue weighted by Gasteiger charge is -2.27. The highest BCUT2D eigenvalue weighted by Gasteiger charge is 2.19. The Morgan fingerprint density at radius 2 is 2.12 bits per heavy atom. The van der Waals surface area contributed by atoms with Crippen LogP contribution in [0, 0.1) is 0 Å². The number of ether oxygens (including phenoxy) is 1. The zero-order valence-electron chi connectivity index (χ0n) is 14.2. The van der Waals surface area contributed by atoms with Crippen LogP contribution in [0.3, 0.4) is 0 Å². The van der Waals surface area contributed by atoms with Gasteiger partial charge in [0.15, 0.2) is 0 Å². The van der Waals surface area contributed by atoms with E-state index in [4.69, 9.17) is 4.74 Å². The first-order valence-corrected chi connectivity index (χ1v) is 8.61. The topological polar surface area (TPSA) is 39.1 Å². The normalized spacial score (nSPS) is 17.4. The van der Waals surface area contributed by atoms with Gasteiger partial charge in [0.05, 0.1) is 12.1 Å². The first kappa shape index (κ1) is 15.4. The molecule has 2 heterocycles. The van der Waals surface area contributed by atoms with Gasteiger partial charge in [0, 0.05) is 24.2 Å². The van der Waals surface area contributed by atoms with E-state index in [0.717, 1.165) is 18.5 Å². The molecule has 0 radical (unpaired) electrons. The minimum Gasteiger partial charge on any atom is -0.354 e. The zero-order chi connectivity index (χ0) is 16.5. The molecule has 0 aliphatic carbocycles. The van der Waals surface area contributed by atoms with Crippen LogP contribution in [0.25, 0.3) is 10.9 Å². The van der Waals surface area contributed by atoms with E-state index in [1.165, 1.54) is 22.1 Å². The van der Waals surface area contributed by atoms with Crippen LogP contribution < -0.4 is 5.32 Å². The fraction of sp³-hybridized carbons (Fsp3) is 0.350. The van der Waals surface area contributed by atoms with Gasteiger partial charge < -0.3 is 4.74 Å². The summed E-state index contributed by atoms with van der Waals surface area (Å²) < 4.78 is 8.17. The lowest BCUT2D eigenvalue weighted by molar-refractivity contribution is 0.0122. The Labute approximate surface area is 142 Å². The van der Waals surface area contributed by atoms with E-state index in [0.29, 0.717) is 12.6 Å². The quantitative estimate of drug-likeness (QED) is 0.790. The predicted octanol–water partition coefficient (Wildman–Crippen LogP) is 3.98. The first-order valence-electron chi connectivity index (χ1n) is 8.61. The molecule has 4 heteroatoms. The Morgan fingerprint density at radius 3 is 3.00 bits per heavy atom. The molecule has 1 unspecified atom stereocenters. The van der Waals surface area contributed by atoms with E-state index in [2.05, 4.69) is 72.9 Å². The van der Waals surface area contributed by atoms with Gasteiger partial charge in [0.2, 0.25) is 0 Å². The Kier molecular flexibility index (Phi) is 4.08. The van der Waals surface area contributed by atoms with E-state index in [9.17, 15) is 0 Å². The van der Waals surface area contributed by atoms with Crippen molar-refractivity contribution in [3.05, 3.63) is 65.4 Å². The van der Waals surface area contributed by atoms with Crippen LogP contribution in [0.1, 0.15) is 42.8 Å². The van der Waals surface area contributed by atoms with Gasteiger partial charge in [-0.25, -0.2) is 0 Å². The van der Waals surface area contributed by atoms with Crippen LogP contribution in [0.5, 0.6) is 0 Å². The van der Waals surface area contributed by atoms with Crippen molar-refractivity contribution in [3.63, 3.8) is 0 Å². The molecule has 0 amide bonds. The highest BCUT2D eigenvalue weighted by Crippen LogP contribution is 2.25. The minimum absolute atomic E-state index is 0.0240. The van der Waals surface area contributed by atoms with Crippen molar-refractivity contribution in [2.75, 3.05) is 6.54 Å². The summed E-state index contributed by atoms with van der Waals surface area (Å²) in [6.07, 6.45) is 3.15. The standard InChI is InChI=1S/C20H23N3O/c1-14(2)23-12-17-11-15(7-8-19(17)22-23)13-24-20-18-6-4-3-5-16(18)9-10-21-20/h3-8,11-12,14,20-21H,9-10,13H2,1-2H3. The number of nitrogens with zero attached hydrogens (tertiary/aromatic N) is 2. The summed E-state index contributed by atoms with van der Waals surface area (Å²) in [5.74, 6) is 0. The summed E-state index contributed by atoms with van der Waals surface area (Å²) in [5.41, 5.74) is 4.86. The Bertz CT molecular complexity index is 853. The molecule has 0 fully saturated rings. The van der Waals surface area contributed by atoms with Gasteiger partial charge in [0.1, 0.15) is 6.23 Å². The van der Waals surface area contributed by atoms with E-state index < -0.39 is 0 Å². The number of rotatable bonds is 4. The molecule has 1 aromatic heterocycles. The van der Waals surface area contributed by atoms with E-state index >= 15 is 0 Å². The van der Waals surface area contributed by atoms with Crippen LogP contribution in [-0.4, -0.2) is 16.3 Å². The number of hydrogen-bond donors (Lipinski definition) is 1. The molecule has 1 aliphatic rings. The summed E-state index contributed by atoms with van der Waals surface area (Å²) in [4.78, 5) is 0. The molecular weight excluding hydrogens is 298 g/mol. The lowest BCUT2D eigenvalue weighted by atomic mass is 10.00. The third-order valence-electron chi connectivity index (χ3n) is 4.59. The van der Waals surface area contributed by atoms with E-state index in [1.807, 2.05) is 4.68 Å². The summed E-state index contributed by atoms with van der Waals surface area (Å²) in [7, 11) is 0. The second-order valence-corrected chi connectivity index (χ2v) is 6.69. The van der Waals surface area contributed by atoms with Crippen molar-refractivity contribution in [1.29, 1.82) is 0 Å². The number of hydrogen-bond acceptors (Lipinski definition) is 3. The molecule has 4 rings (SSSR count). The minimum atomic E-state index is -0.0240. The molecule has 0 bridgehead atoms. The second kappa shape index (κ2) is 6.38. The third-order valence-corrected chi connectivity index (χ3v) is 4.59. The average molecular weight is 321 g/mol. The van der Waals surface area contributed by atoms with Crippen molar-refractivity contribution >= 4 is 10.9 Å². The lowest BCUT2D eigenvalue weighted by Crippen LogP contribution is -2.31. The molecule has 4 nitrogen and oxygen atoms in total. The van der Waals surface area contributed by atoms with Crippen LogP contribution in [0.4, 0.5) is 0 Å². The number of aromatic nitrogens is 2. The molecule has 3 aromatic rings. The largest absolute Gasteiger partial charge is 0.354 e. The van der Waals surface area contributed by atoms with E-state index in [-0.39, 0.29) is 6.23 Å². The molecule has 1 aliphatic heterocycles. The van der Waals surface area contributed by atoms with E-state index in [1.54, 1.807) is 0 Å². The Hall–Kier alpha value is -2.17.